The molecule has 3 aromatic carbocycles. The SMILES string of the molecule is COc1cccc(OC)c1C(=O)Nc1ccc(N2CCC(Cc3ccccc3)CC2)c(C(=O)NCC(C)C)c1. The van der Waals surface area contributed by atoms with Gasteiger partial charge in [0.25, 0.3) is 11.8 Å². The number of carbonyl (C=O) groups is 2. The maximum absolute atomic E-state index is 13.3. The zero-order valence-corrected chi connectivity index (χ0v) is 23.3. The van der Waals surface area contributed by atoms with Gasteiger partial charge in [-0.05, 0) is 67.0 Å². The molecule has 7 nitrogen and oxygen atoms in total. The molecular weight excluding hydrogens is 490 g/mol. The largest absolute Gasteiger partial charge is 0.496 e. The van der Waals surface area contributed by atoms with Gasteiger partial charge >= 0.3 is 0 Å². The highest BCUT2D eigenvalue weighted by atomic mass is 16.5. The van der Waals surface area contributed by atoms with Crippen molar-refractivity contribution in [3.63, 3.8) is 0 Å². The normalized spacial score (nSPS) is 13.7. The molecule has 7 heteroatoms. The third-order valence-electron chi connectivity index (χ3n) is 7.15. The minimum atomic E-state index is -0.368. The Labute approximate surface area is 231 Å². The quantitative estimate of drug-likeness (QED) is 0.347. The van der Waals surface area contributed by atoms with Crippen molar-refractivity contribution in [1.29, 1.82) is 0 Å². The van der Waals surface area contributed by atoms with Crippen LogP contribution in [0.3, 0.4) is 0 Å². The first-order valence-electron chi connectivity index (χ1n) is 13.6. The first-order chi connectivity index (χ1) is 18.9. The number of benzene rings is 3. The molecule has 0 aliphatic carbocycles. The molecule has 1 fully saturated rings. The van der Waals surface area contributed by atoms with E-state index in [0.717, 1.165) is 38.0 Å². The molecule has 206 valence electrons. The lowest BCUT2D eigenvalue weighted by Gasteiger charge is -2.35. The minimum Gasteiger partial charge on any atom is -0.496 e. The lowest BCUT2D eigenvalue weighted by atomic mass is 9.89. The zero-order chi connectivity index (χ0) is 27.8. The molecule has 0 unspecified atom stereocenters. The van der Waals surface area contributed by atoms with Crippen LogP contribution in [-0.2, 0) is 6.42 Å². The summed E-state index contributed by atoms with van der Waals surface area (Å²) in [4.78, 5) is 28.9. The van der Waals surface area contributed by atoms with Gasteiger partial charge in [-0.3, -0.25) is 9.59 Å². The number of piperidine rings is 1. The fourth-order valence-electron chi connectivity index (χ4n) is 5.06. The Hall–Kier alpha value is -4.00. The molecule has 0 saturated carbocycles. The predicted molar refractivity (Wildman–Crippen MR) is 156 cm³/mol. The van der Waals surface area contributed by atoms with Crippen LogP contribution in [0.25, 0.3) is 0 Å². The molecule has 1 aliphatic heterocycles. The molecule has 1 saturated heterocycles. The number of hydrogen-bond donors (Lipinski definition) is 2. The van der Waals surface area contributed by atoms with Crippen LogP contribution in [-0.4, -0.2) is 45.7 Å². The fourth-order valence-corrected chi connectivity index (χ4v) is 5.06. The number of ether oxygens (including phenoxy) is 2. The molecule has 0 atom stereocenters. The van der Waals surface area contributed by atoms with Gasteiger partial charge in [-0.25, -0.2) is 0 Å². The van der Waals surface area contributed by atoms with Crippen LogP contribution >= 0.6 is 0 Å². The number of methoxy groups -OCH3 is 2. The van der Waals surface area contributed by atoms with Gasteiger partial charge < -0.3 is 25.0 Å². The maximum atomic E-state index is 13.3. The van der Waals surface area contributed by atoms with Gasteiger partial charge in [0.15, 0.2) is 0 Å². The molecule has 0 bridgehead atoms. The van der Waals surface area contributed by atoms with Crippen molar-refractivity contribution in [2.45, 2.75) is 33.1 Å². The second kappa shape index (κ2) is 13.2. The number of nitrogens with zero attached hydrogens (tertiary/aromatic N) is 1. The van der Waals surface area contributed by atoms with Gasteiger partial charge in [0, 0.05) is 31.0 Å². The lowest BCUT2D eigenvalue weighted by molar-refractivity contribution is 0.0948. The van der Waals surface area contributed by atoms with Gasteiger partial charge in [0.2, 0.25) is 0 Å². The predicted octanol–water partition coefficient (Wildman–Crippen LogP) is 5.80. The number of rotatable bonds is 10. The molecule has 4 rings (SSSR count). The summed E-state index contributed by atoms with van der Waals surface area (Å²) < 4.78 is 10.8. The molecule has 1 heterocycles. The number of nitrogens with one attached hydrogen (secondary N) is 2. The minimum absolute atomic E-state index is 0.143. The van der Waals surface area contributed by atoms with E-state index in [4.69, 9.17) is 9.47 Å². The molecule has 0 radical (unpaired) electrons. The third-order valence-corrected chi connectivity index (χ3v) is 7.15. The van der Waals surface area contributed by atoms with E-state index in [1.165, 1.54) is 19.8 Å². The Bertz CT molecular complexity index is 1250. The molecule has 3 aromatic rings. The van der Waals surface area contributed by atoms with Gasteiger partial charge in [-0.15, -0.1) is 0 Å². The van der Waals surface area contributed by atoms with E-state index in [-0.39, 0.29) is 11.8 Å². The molecular formula is C32H39N3O4. The van der Waals surface area contributed by atoms with Crippen LogP contribution < -0.4 is 25.0 Å². The average molecular weight is 530 g/mol. The number of carbonyl (C=O) groups excluding carboxylic acids is 2. The lowest BCUT2D eigenvalue weighted by Crippen LogP contribution is -2.36. The van der Waals surface area contributed by atoms with E-state index >= 15 is 0 Å². The summed E-state index contributed by atoms with van der Waals surface area (Å²) in [5.74, 6) is 1.26. The van der Waals surface area contributed by atoms with Crippen molar-refractivity contribution in [3.05, 3.63) is 83.4 Å². The van der Waals surface area contributed by atoms with Gasteiger partial charge in [0.1, 0.15) is 17.1 Å². The van der Waals surface area contributed by atoms with Crippen molar-refractivity contribution < 1.29 is 19.1 Å². The van der Waals surface area contributed by atoms with Crippen LogP contribution in [0.5, 0.6) is 11.5 Å². The topological polar surface area (TPSA) is 79.9 Å². The maximum Gasteiger partial charge on any atom is 0.263 e. The summed E-state index contributed by atoms with van der Waals surface area (Å²) in [6.07, 6.45) is 3.20. The van der Waals surface area contributed by atoms with Crippen LogP contribution in [0, 0.1) is 11.8 Å². The molecule has 0 spiro atoms. The number of anilines is 2. The molecule has 1 aliphatic rings. The highest BCUT2D eigenvalue weighted by Crippen LogP contribution is 2.32. The smallest absolute Gasteiger partial charge is 0.263 e. The van der Waals surface area contributed by atoms with E-state index in [9.17, 15) is 9.59 Å². The summed E-state index contributed by atoms with van der Waals surface area (Å²) in [6, 6.07) is 21.4. The van der Waals surface area contributed by atoms with E-state index < -0.39 is 0 Å². The van der Waals surface area contributed by atoms with Gasteiger partial charge in [0.05, 0.1) is 19.8 Å². The van der Waals surface area contributed by atoms with E-state index in [1.807, 2.05) is 12.1 Å². The van der Waals surface area contributed by atoms with Crippen LogP contribution in [0.2, 0.25) is 0 Å². The fraction of sp³-hybridized carbons (Fsp3) is 0.375. The first kappa shape index (κ1) is 28.0. The number of hydrogen-bond acceptors (Lipinski definition) is 5. The Morgan fingerprint density at radius 2 is 1.56 bits per heavy atom. The Balaban J connectivity index is 1.54. The van der Waals surface area contributed by atoms with Crippen molar-refractivity contribution in [1.82, 2.24) is 5.32 Å². The summed E-state index contributed by atoms with van der Waals surface area (Å²) in [5.41, 5.74) is 3.66. The van der Waals surface area contributed by atoms with E-state index in [0.29, 0.717) is 46.7 Å². The molecule has 2 amide bonds. The van der Waals surface area contributed by atoms with Gasteiger partial charge in [-0.2, -0.15) is 0 Å². The average Bonchev–Trinajstić information content (AvgIpc) is 2.96. The first-order valence-corrected chi connectivity index (χ1v) is 13.6. The highest BCUT2D eigenvalue weighted by Gasteiger charge is 2.25. The van der Waals surface area contributed by atoms with Crippen molar-refractivity contribution >= 4 is 23.2 Å². The van der Waals surface area contributed by atoms with Crippen LogP contribution in [0.1, 0.15) is 53.0 Å². The molecule has 2 N–H and O–H groups in total. The summed E-state index contributed by atoms with van der Waals surface area (Å²) in [5, 5.41) is 5.98. The second-order valence-electron chi connectivity index (χ2n) is 10.4. The molecule has 0 aromatic heterocycles. The van der Waals surface area contributed by atoms with Crippen molar-refractivity contribution in [2.75, 3.05) is 44.1 Å². The van der Waals surface area contributed by atoms with Crippen molar-refractivity contribution in [3.8, 4) is 11.5 Å². The van der Waals surface area contributed by atoms with Crippen molar-refractivity contribution in [2.24, 2.45) is 11.8 Å². The second-order valence-corrected chi connectivity index (χ2v) is 10.4. The monoisotopic (exact) mass is 529 g/mol. The Morgan fingerprint density at radius 3 is 2.18 bits per heavy atom. The standard InChI is InChI=1S/C32H39N3O4/c1-22(2)21-33-31(36)26-20-25(34-32(37)30-28(38-3)11-8-12-29(30)39-4)13-14-27(26)35-17-15-24(16-18-35)19-23-9-6-5-7-10-23/h5-14,20,22,24H,15-19,21H2,1-4H3,(H,33,36)(H,34,37). The Morgan fingerprint density at radius 1 is 0.897 bits per heavy atom. The van der Waals surface area contributed by atoms with Crippen LogP contribution in [0.4, 0.5) is 11.4 Å². The summed E-state index contributed by atoms with van der Waals surface area (Å²) >= 11 is 0. The zero-order valence-electron chi connectivity index (χ0n) is 23.3. The Kier molecular flexibility index (Phi) is 9.47. The van der Waals surface area contributed by atoms with Gasteiger partial charge in [-0.1, -0.05) is 50.2 Å². The van der Waals surface area contributed by atoms with E-state index in [1.54, 1.807) is 24.3 Å². The summed E-state index contributed by atoms with van der Waals surface area (Å²) in [6.45, 7) is 6.47. The van der Waals surface area contributed by atoms with E-state index in [2.05, 4.69) is 59.7 Å². The van der Waals surface area contributed by atoms with Crippen LogP contribution in [0.15, 0.2) is 66.7 Å². The summed E-state index contributed by atoms with van der Waals surface area (Å²) in [7, 11) is 3.03. The highest BCUT2D eigenvalue weighted by molar-refractivity contribution is 6.09. The third kappa shape index (κ3) is 7.11. The molecule has 39 heavy (non-hydrogen) atoms. The number of amides is 2.